The molecule has 2 amide bonds. The molecular formula is C28H35N3O4S. The summed E-state index contributed by atoms with van der Waals surface area (Å²) in [5.41, 5.74) is 2.36. The lowest BCUT2D eigenvalue weighted by Gasteiger charge is -2.32. The number of nitrogens with one attached hydrogen (secondary N) is 1. The molecule has 0 spiro atoms. The molecule has 192 valence electrons. The molecule has 36 heavy (non-hydrogen) atoms. The second kappa shape index (κ2) is 11.6. The Morgan fingerprint density at radius 3 is 2.22 bits per heavy atom. The van der Waals surface area contributed by atoms with Gasteiger partial charge in [-0.1, -0.05) is 73.2 Å². The monoisotopic (exact) mass is 509 g/mol. The zero-order valence-electron chi connectivity index (χ0n) is 21.6. The molecule has 0 aliphatic rings. The van der Waals surface area contributed by atoms with Crippen LogP contribution in [-0.2, 0) is 26.2 Å². The number of aryl methyl sites for hydroxylation is 1. The molecule has 0 fully saturated rings. The topological polar surface area (TPSA) is 86.8 Å². The SMILES string of the molecule is CC[C@@H](C)NC(=O)[C@H](C)N(Cc1ccc(C)cc1)C(=O)CN(c1cccc2ccccc12)S(C)(=O)=O. The first-order chi connectivity index (χ1) is 17.0. The summed E-state index contributed by atoms with van der Waals surface area (Å²) in [6.45, 7) is 7.29. The Balaban J connectivity index is 1.98. The van der Waals surface area contributed by atoms with E-state index in [0.717, 1.165) is 38.9 Å². The number of hydrogen-bond acceptors (Lipinski definition) is 4. The van der Waals surface area contributed by atoms with E-state index >= 15 is 0 Å². The van der Waals surface area contributed by atoms with Crippen molar-refractivity contribution in [3.05, 3.63) is 77.9 Å². The zero-order chi connectivity index (χ0) is 26.5. The maximum atomic E-state index is 13.7. The maximum absolute atomic E-state index is 13.7. The van der Waals surface area contributed by atoms with Gasteiger partial charge in [-0.2, -0.15) is 0 Å². The van der Waals surface area contributed by atoms with Crippen molar-refractivity contribution < 1.29 is 18.0 Å². The molecule has 0 heterocycles. The average molecular weight is 510 g/mol. The van der Waals surface area contributed by atoms with Crippen molar-refractivity contribution >= 4 is 38.3 Å². The van der Waals surface area contributed by atoms with Gasteiger partial charge in [-0.05, 0) is 44.2 Å². The summed E-state index contributed by atoms with van der Waals surface area (Å²) < 4.78 is 26.9. The molecule has 3 rings (SSSR count). The van der Waals surface area contributed by atoms with Crippen LogP contribution in [0.15, 0.2) is 66.7 Å². The van der Waals surface area contributed by atoms with Gasteiger partial charge in [0, 0.05) is 18.0 Å². The average Bonchev–Trinajstić information content (AvgIpc) is 2.85. The first kappa shape index (κ1) is 27.2. The van der Waals surface area contributed by atoms with Gasteiger partial charge in [0.25, 0.3) is 0 Å². The first-order valence-corrected chi connectivity index (χ1v) is 14.0. The van der Waals surface area contributed by atoms with Crippen LogP contribution in [0.3, 0.4) is 0 Å². The van der Waals surface area contributed by atoms with E-state index in [2.05, 4.69) is 5.32 Å². The lowest BCUT2D eigenvalue weighted by molar-refractivity contribution is -0.139. The highest BCUT2D eigenvalue weighted by Gasteiger charge is 2.31. The van der Waals surface area contributed by atoms with E-state index in [4.69, 9.17) is 0 Å². The fourth-order valence-corrected chi connectivity index (χ4v) is 4.82. The third kappa shape index (κ3) is 6.63. The fourth-order valence-electron chi connectivity index (χ4n) is 3.96. The Morgan fingerprint density at radius 1 is 0.944 bits per heavy atom. The summed E-state index contributed by atoms with van der Waals surface area (Å²) in [4.78, 5) is 28.2. The number of hydrogen-bond donors (Lipinski definition) is 1. The van der Waals surface area contributed by atoms with Crippen LogP contribution in [0.4, 0.5) is 5.69 Å². The van der Waals surface area contributed by atoms with E-state index in [9.17, 15) is 18.0 Å². The van der Waals surface area contributed by atoms with Gasteiger partial charge in [0.1, 0.15) is 12.6 Å². The Labute approximate surface area is 214 Å². The van der Waals surface area contributed by atoms with Gasteiger partial charge in [-0.15, -0.1) is 0 Å². The molecule has 3 aromatic carbocycles. The van der Waals surface area contributed by atoms with Crippen LogP contribution in [0.1, 0.15) is 38.3 Å². The minimum Gasteiger partial charge on any atom is -0.352 e. The molecule has 0 radical (unpaired) electrons. The van der Waals surface area contributed by atoms with Crippen molar-refractivity contribution in [2.24, 2.45) is 0 Å². The van der Waals surface area contributed by atoms with Crippen LogP contribution in [0, 0.1) is 6.92 Å². The van der Waals surface area contributed by atoms with Crippen LogP contribution in [0.5, 0.6) is 0 Å². The number of benzene rings is 3. The van der Waals surface area contributed by atoms with Gasteiger partial charge in [-0.25, -0.2) is 8.42 Å². The molecule has 0 saturated carbocycles. The molecule has 0 aliphatic carbocycles. The molecule has 0 aliphatic heterocycles. The quantitative estimate of drug-likeness (QED) is 0.443. The maximum Gasteiger partial charge on any atom is 0.244 e. The van der Waals surface area contributed by atoms with Gasteiger partial charge in [0.05, 0.1) is 11.9 Å². The Hall–Kier alpha value is -3.39. The van der Waals surface area contributed by atoms with E-state index in [1.807, 2.05) is 75.4 Å². The number of amides is 2. The van der Waals surface area contributed by atoms with E-state index < -0.39 is 28.5 Å². The molecule has 3 aromatic rings. The molecule has 7 nitrogen and oxygen atoms in total. The van der Waals surface area contributed by atoms with Gasteiger partial charge < -0.3 is 10.2 Å². The highest BCUT2D eigenvalue weighted by molar-refractivity contribution is 7.92. The minimum absolute atomic E-state index is 0.0421. The van der Waals surface area contributed by atoms with Crippen LogP contribution in [-0.4, -0.2) is 50.0 Å². The van der Waals surface area contributed by atoms with E-state index in [0.29, 0.717) is 5.69 Å². The molecule has 0 unspecified atom stereocenters. The molecule has 0 aromatic heterocycles. The fraction of sp³-hybridized carbons (Fsp3) is 0.357. The number of nitrogens with zero attached hydrogens (tertiary/aromatic N) is 2. The lowest BCUT2D eigenvalue weighted by atomic mass is 10.1. The van der Waals surface area contributed by atoms with Crippen LogP contribution in [0.25, 0.3) is 10.8 Å². The minimum atomic E-state index is -3.80. The largest absolute Gasteiger partial charge is 0.352 e. The number of sulfonamides is 1. The van der Waals surface area contributed by atoms with Crippen LogP contribution < -0.4 is 9.62 Å². The standard InChI is InChI=1S/C28H35N3O4S/c1-6-21(3)29-28(33)22(4)30(18-23-16-14-20(2)15-17-23)27(32)19-31(36(5,34)35)26-13-9-11-24-10-7-8-12-25(24)26/h7-17,21-22H,6,18-19H2,1-5H3,(H,29,33)/t21-,22+/m1/s1. The summed E-state index contributed by atoms with van der Waals surface area (Å²) >= 11 is 0. The molecule has 8 heteroatoms. The molecular weight excluding hydrogens is 474 g/mol. The number of carbonyl (C=O) groups excluding carboxylic acids is 2. The van der Waals surface area contributed by atoms with Crippen LogP contribution >= 0.6 is 0 Å². The second-order valence-corrected chi connectivity index (χ2v) is 11.2. The molecule has 2 atom stereocenters. The van der Waals surface area contributed by atoms with Gasteiger partial charge >= 0.3 is 0 Å². The highest BCUT2D eigenvalue weighted by Crippen LogP contribution is 2.28. The number of rotatable bonds is 10. The number of anilines is 1. The summed E-state index contributed by atoms with van der Waals surface area (Å²) in [6.07, 6.45) is 1.85. The van der Waals surface area contributed by atoms with E-state index in [-0.39, 0.29) is 18.5 Å². The summed E-state index contributed by atoms with van der Waals surface area (Å²) in [7, 11) is -3.80. The van der Waals surface area contributed by atoms with Crippen molar-refractivity contribution in [1.29, 1.82) is 0 Å². The second-order valence-electron chi connectivity index (χ2n) is 9.27. The lowest BCUT2D eigenvalue weighted by Crippen LogP contribution is -2.52. The number of carbonyl (C=O) groups is 2. The Kier molecular flexibility index (Phi) is 8.74. The molecule has 0 saturated heterocycles. The van der Waals surface area contributed by atoms with E-state index in [1.165, 1.54) is 4.90 Å². The first-order valence-electron chi connectivity index (χ1n) is 12.1. The predicted octanol–water partition coefficient (Wildman–Crippen LogP) is 4.25. The van der Waals surface area contributed by atoms with Crippen molar-refractivity contribution in [3.8, 4) is 0 Å². The zero-order valence-corrected chi connectivity index (χ0v) is 22.4. The van der Waals surface area contributed by atoms with E-state index in [1.54, 1.807) is 19.1 Å². The third-order valence-electron chi connectivity index (χ3n) is 6.36. The van der Waals surface area contributed by atoms with Crippen molar-refractivity contribution in [1.82, 2.24) is 10.2 Å². The summed E-state index contributed by atoms with van der Waals surface area (Å²) in [5, 5.41) is 4.53. The summed E-state index contributed by atoms with van der Waals surface area (Å²) in [5.74, 6) is -0.735. The predicted molar refractivity (Wildman–Crippen MR) is 145 cm³/mol. The molecule has 0 bridgehead atoms. The van der Waals surface area contributed by atoms with Crippen molar-refractivity contribution in [2.75, 3.05) is 17.1 Å². The summed E-state index contributed by atoms with van der Waals surface area (Å²) in [6, 6.07) is 19.7. The van der Waals surface area contributed by atoms with Gasteiger partial charge in [-0.3, -0.25) is 13.9 Å². The normalized spacial score (nSPS) is 13.1. The van der Waals surface area contributed by atoms with Crippen LogP contribution in [0.2, 0.25) is 0 Å². The number of fused-ring (bicyclic) bond motifs is 1. The van der Waals surface area contributed by atoms with Crippen molar-refractivity contribution in [3.63, 3.8) is 0 Å². The Morgan fingerprint density at radius 2 is 1.58 bits per heavy atom. The smallest absolute Gasteiger partial charge is 0.244 e. The highest BCUT2D eigenvalue weighted by atomic mass is 32.2. The van der Waals surface area contributed by atoms with Gasteiger partial charge in [0.2, 0.25) is 21.8 Å². The molecule has 1 N–H and O–H groups in total. The third-order valence-corrected chi connectivity index (χ3v) is 7.48. The van der Waals surface area contributed by atoms with Gasteiger partial charge in [0.15, 0.2) is 0 Å². The Bertz CT molecular complexity index is 1320. The van der Waals surface area contributed by atoms with Crippen molar-refractivity contribution in [2.45, 2.75) is 52.7 Å².